The number of ether oxygens (including phenoxy) is 2. The van der Waals surface area contributed by atoms with Crippen molar-refractivity contribution in [1.82, 2.24) is 0 Å². The largest absolute Gasteiger partial charge is 0.497 e. The normalized spacial score (nSPS) is 20.1. The molecular formula is C22H26O4. The molecule has 1 fully saturated rings. The fourth-order valence-electron chi connectivity index (χ4n) is 3.46. The number of hydrogen-bond donors (Lipinski definition) is 1. The van der Waals surface area contributed by atoms with Gasteiger partial charge >= 0.3 is 5.97 Å². The van der Waals surface area contributed by atoms with Crippen molar-refractivity contribution >= 4 is 5.97 Å². The molecule has 26 heavy (non-hydrogen) atoms. The van der Waals surface area contributed by atoms with Gasteiger partial charge in [-0.2, -0.15) is 0 Å². The molecular weight excluding hydrogens is 328 g/mol. The molecule has 138 valence electrons. The Balaban J connectivity index is 1.48. The van der Waals surface area contributed by atoms with Gasteiger partial charge in [-0.05, 0) is 66.5 Å². The lowest BCUT2D eigenvalue weighted by atomic mass is 9.72. The van der Waals surface area contributed by atoms with Gasteiger partial charge in [-0.15, -0.1) is 0 Å². The smallest absolute Gasteiger partial charge is 0.306 e. The average Bonchev–Trinajstić information content (AvgIpc) is 2.61. The quantitative estimate of drug-likeness (QED) is 0.757. The van der Waals surface area contributed by atoms with Gasteiger partial charge in [0.15, 0.2) is 0 Å². The first kappa shape index (κ1) is 18.3. The van der Waals surface area contributed by atoms with Crippen LogP contribution in [0.15, 0.2) is 48.5 Å². The first-order chi connectivity index (χ1) is 12.5. The molecule has 1 aliphatic carbocycles. The van der Waals surface area contributed by atoms with E-state index in [1.54, 1.807) is 14.0 Å². The van der Waals surface area contributed by atoms with Gasteiger partial charge < -0.3 is 14.6 Å². The fraction of sp³-hybridized carbons (Fsp3) is 0.409. The lowest BCUT2D eigenvalue weighted by Gasteiger charge is -2.35. The van der Waals surface area contributed by atoms with Gasteiger partial charge in [0.05, 0.1) is 19.6 Å². The molecule has 1 N–H and O–H groups in total. The number of aliphatic carboxylic acids is 1. The van der Waals surface area contributed by atoms with Gasteiger partial charge in [0.25, 0.3) is 0 Å². The Morgan fingerprint density at radius 1 is 1.15 bits per heavy atom. The van der Waals surface area contributed by atoms with Gasteiger partial charge in [-0.3, -0.25) is 4.79 Å². The van der Waals surface area contributed by atoms with E-state index >= 15 is 0 Å². The first-order valence-corrected chi connectivity index (χ1v) is 9.13. The molecule has 0 saturated heterocycles. The molecule has 1 aliphatic rings. The van der Waals surface area contributed by atoms with Crippen molar-refractivity contribution in [3.05, 3.63) is 59.7 Å². The summed E-state index contributed by atoms with van der Waals surface area (Å²) in [6.07, 6.45) is 2.78. The van der Waals surface area contributed by atoms with Gasteiger partial charge in [0.2, 0.25) is 0 Å². The van der Waals surface area contributed by atoms with Crippen LogP contribution in [-0.2, 0) is 11.2 Å². The Morgan fingerprint density at radius 2 is 1.88 bits per heavy atom. The van der Waals surface area contributed by atoms with E-state index in [0.717, 1.165) is 29.9 Å². The molecule has 0 amide bonds. The van der Waals surface area contributed by atoms with E-state index in [1.807, 2.05) is 36.4 Å². The van der Waals surface area contributed by atoms with Crippen LogP contribution in [0.3, 0.4) is 0 Å². The zero-order valence-corrected chi connectivity index (χ0v) is 15.4. The van der Waals surface area contributed by atoms with Gasteiger partial charge in [-0.25, -0.2) is 0 Å². The summed E-state index contributed by atoms with van der Waals surface area (Å²) in [5, 5.41) is 9.04. The van der Waals surface area contributed by atoms with Crippen LogP contribution < -0.4 is 9.47 Å². The Bertz CT molecular complexity index is 749. The maximum atomic E-state index is 11.0. The molecule has 3 rings (SSSR count). The lowest BCUT2D eigenvalue weighted by Crippen LogP contribution is -2.27. The summed E-state index contributed by atoms with van der Waals surface area (Å²) in [5.74, 6) is 1.73. The fourth-order valence-corrected chi connectivity index (χ4v) is 3.46. The zero-order valence-electron chi connectivity index (χ0n) is 15.4. The third kappa shape index (κ3) is 4.57. The van der Waals surface area contributed by atoms with E-state index in [2.05, 4.69) is 12.1 Å². The summed E-state index contributed by atoms with van der Waals surface area (Å²) in [4.78, 5) is 11.0. The van der Waals surface area contributed by atoms with Crippen LogP contribution in [0.1, 0.15) is 36.8 Å². The lowest BCUT2D eigenvalue weighted by molar-refractivity contribution is -0.141. The van der Waals surface area contributed by atoms with E-state index < -0.39 is 5.97 Å². The minimum atomic E-state index is -0.769. The topological polar surface area (TPSA) is 55.8 Å². The molecule has 2 aromatic carbocycles. The standard InChI is InChI=1S/C22H26O4/c1-15(22(23)24)9-16-5-3-8-21(12-16)26-14-17-10-19(11-17)18-6-4-7-20(13-18)25-2/h3-8,12-13,15,17,19H,9-11,14H2,1-2H3,(H,23,24). The van der Waals surface area contributed by atoms with Crippen molar-refractivity contribution in [2.45, 2.75) is 32.1 Å². The highest BCUT2D eigenvalue weighted by atomic mass is 16.5. The predicted molar refractivity (Wildman–Crippen MR) is 101 cm³/mol. The van der Waals surface area contributed by atoms with E-state index in [9.17, 15) is 4.79 Å². The summed E-state index contributed by atoms with van der Waals surface area (Å²) in [5.41, 5.74) is 2.34. The van der Waals surface area contributed by atoms with Crippen molar-refractivity contribution < 1.29 is 19.4 Å². The van der Waals surface area contributed by atoms with Crippen LogP contribution in [0, 0.1) is 11.8 Å². The Morgan fingerprint density at radius 3 is 2.62 bits per heavy atom. The second-order valence-electron chi connectivity index (χ2n) is 7.21. The van der Waals surface area contributed by atoms with Crippen molar-refractivity contribution in [3.8, 4) is 11.5 Å². The number of carboxylic acids is 1. The first-order valence-electron chi connectivity index (χ1n) is 9.13. The van der Waals surface area contributed by atoms with Crippen molar-refractivity contribution in [2.75, 3.05) is 13.7 Å². The summed E-state index contributed by atoms with van der Waals surface area (Å²) < 4.78 is 11.2. The predicted octanol–water partition coefficient (Wildman–Crippen LogP) is 4.53. The molecule has 0 heterocycles. The summed E-state index contributed by atoms with van der Waals surface area (Å²) in [6.45, 7) is 2.43. The second-order valence-corrected chi connectivity index (χ2v) is 7.21. The van der Waals surface area contributed by atoms with Crippen molar-refractivity contribution in [3.63, 3.8) is 0 Å². The van der Waals surface area contributed by atoms with Crippen LogP contribution in [0.5, 0.6) is 11.5 Å². The maximum absolute atomic E-state index is 11.0. The van der Waals surface area contributed by atoms with Gasteiger partial charge in [0.1, 0.15) is 11.5 Å². The summed E-state index contributed by atoms with van der Waals surface area (Å²) in [6, 6.07) is 16.1. The van der Waals surface area contributed by atoms with Crippen molar-refractivity contribution in [2.24, 2.45) is 11.8 Å². The monoisotopic (exact) mass is 354 g/mol. The van der Waals surface area contributed by atoms with Crippen molar-refractivity contribution in [1.29, 1.82) is 0 Å². The number of rotatable bonds is 8. The van der Waals surface area contributed by atoms with Crippen LogP contribution in [0.2, 0.25) is 0 Å². The molecule has 1 atom stereocenters. The number of hydrogen-bond acceptors (Lipinski definition) is 3. The molecule has 4 nitrogen and oxygen atoms in total. The highest BCUT2D eigenvalue weighted by molar-refractivity contribution is 5.69. The van der Waals surface area contributed by atoms with E-state index in [0.29, 0.717) is 24.9 Å². The number of methoxy groups -OCH3 is 1. The Labute approximate surface area is 154 Å². The van der Waals surface area contributed by atoms with E-state index in [-0.39, 0.29) is 5.92 Å². The minimum Gasteiger partial charge on any atom is -0.497 e. The molecule has 0 spiro atoms. The van der Waals surface area contributed by atoms with Crippen LogP contribution in [-0.4, -0.2) is 24.8 Å². The van der Waals surface area contributed by atoms with Crippen LogP contribution >= 0.6 is 0 Å². The molecule has 0 bridgehead atoms. The Kier molecular flexibility index (Phi) is 5.82. The Hall–Kier alpha value is -2.49. The summed E-state index contributed by atoms with van der Waals surface area (Å²) >= 11 is 0. The van der Waals surface area contributed by atoms with Crippen LogP contribution in [0.25, 0.3) is 0 Å². The minimum absolute atomic E-state index is 0.388. The molecule has 4 heteroatoms. The van der Waals surface area contributed by atoms with E-state index in [4.69, 9.17) is 14.6 Å². The maximum Gasteiger partial charge on any atom is 0.306 e. The number of carbonyl (C=O) groups is 1. The van der Waals surface area contributed by atoms with E-state index in [1.165, 1.54) is 5.56 Å². The SMILES string of the molecule is COc1cccc(C2CC(COc3cccc(CC(C)C(=O)O)c3)C2)c1. The average molecular weight is 354 g/mol. The molecule has 1 unspecified atom stereocenters. The number of benzene rings is 2. The molecule has 1 saturated carbocycles. The van der Waals surface area contributed by atoms with Crippen LogP contribution in [0.4, 0.5) is 0 Å². The third-order valence-corrected chi connectivity index (χ3v) is 5.15. The molecule has 0 radical (unpaired) electrons. The molecule has 0 aliphatic heterocycles. The number of carboxylic acid groups (broad SMARTS) is 1. The second kappa shape index (κ2) is 8.26. The van der Waals surface area contributed by atoms with Gasteiger partial charge in [-0.1, -0.05) is 31.2 Å². The third-order valence-electron chi connectivity index (χ3n) is 5.15. The molecule has 0 aromatic heterocycles. The van der Waals surface area contributed by atoms with Gasteiger partial charge in [0, 0.05) is 0 Å². The highest BCUT2D eigenvalue weighted by Crippen LogP contribution is 2.42. The highest BCUT2D eigenvalue weighted by Gasteiger charge is 2.31. The molecule has 2 aromatic rings. The zero-order chi connectivity index (χ0) is 18.5. The summed E-state index contributed by atoms with van der Waals surface area (Å²) in [7, 11) is 1.70.